The highest BCUT2D eigenvalue weighted by Gasteiger charge is 2.28. The van der Waals surface area contributed by atoms with E-state index in [9.17, 15) is 22.4 Å². The van der Waals surface area contributed by atoms with Gasteiger partial charge in [0, 0.05) is 18.8 Å². The molecule has 0 radical (unpaired) electrons. The second kappa shape index (κ2) is 7.80. The molecule has 29 heavy (non-hydrogen) atoms. The zero-order chi connectivity index (χ0) is 21.3. The lowest BCUT2D eigenvalue weighted by atomic mass is 10.2. The van der Waals surface area contributed by atoms with Gasteiger partial charge in [-0.15, -0.1) is 0 Å². The van der Waals surface area contributed by atoms with Crippen molar-refractivity contribution in [1.82, 2.24) is 4.31 Å². The van der Waals surface area contributed by atoms with E-state index < -0.39 is 28.3 Å². The number of carbonyl (C=O) groups is 2. The van der Waals surface area contributed by atoms with Gasteiger partial charge in [0.1, 0.15) is 11.6 Å². The Morgan fingerprint density at radius 2 is 1.97 bits per heavy atom. The second-order valence-corrected chi connectivity index (χ2v) is 8.73. The van der Waals surface area contributed by atoms with Gasteiger partial charge < -0.3 is 15.4 Å². The third kappa shape index (κ3) is 4.38. The predicted octanol–water partition coefficient (Wildman–Crippen LogP) is 2.03. The topological polar surface area (TPSA) is 105 Å². The Kier molecular flexibility index (Phi) is 5.58. The number of hydrogen-bond acceptors (Lipinski definition) is 5. The summed E-state index contributed by atoms with van der Waals surface area (Å²) in [4.78, 5) is 23.7. The first-order valence-corrected chi connectivity index (χ1v) is 10.1. The van der Waals surface area contributed by atoms with Crippen molar-refractivity contribution in [3.8, 4) is 5.75 Å². The Bertz CT molecular complexity index is 1100. The van der Waals surface area contributed by atoms with Gasteiger partial charge in [-0.25, -0.2) is 12.8 Å². The normalized spacial score (nSPS) is 13.5. The molecule has 2 amide bonds. The Morgan fingerprint density at radius 1 is 1.24 bits per heavy atom. The summed E-state index contributed by atoms with van der Waals surface area (Å²) in [7, 11) is -2.72. The zero-order valence-electron chi connectivity index (χ0n) is 16.1. The molecule has 0 aliphatic carbocycles. The summed E-state index contributed by atoms with van der Waals surface area (Å²) >= 11 is 0. The van der Waals surface area contributed by atoms with Crippen LogP contribution in [-0.4, -0.2) is 44.7 Å². The number of benzene rings is 2. The number of hydrogen-bond donors (Lipinski definition) is 2. The number of rotatable bonds is 5. The van der Waals surface area contributed by atoms with E-state index in [4.69, 9.17) is 4.74 Å². The van der Waals surface area contributed by atoms with E-state index in [1.165, 1.54) is 37.4 Å². The van der Waals surface area contributed by atoms with E-state index in [0.717, 1.165) is 4.31 Å². The minimum atomic E-state index is -4.00. The van der Waals surface area contributed by atoms with Gasteiger partial charge in [-0.05, 0) is 49.2 Å². The van der Waals surface area contributed by atoms with E-state index in [1.807, 2.05) is 0 Å². The maximum atomic E-state index is 13.2. The van der Waals surface area contributed by atoms with E-state index in [1.54, 1.807) is 13.8 Å². The van der Waals surface area contributed by atoms with Crippen LogP contribution in [0.1, 0.15) is 11.1 Å². The lowest BCUT2D eigenvalue weighted by Gasteiger charge is -2.22. The molecule has 0 aromatic heterocycles. The third-order valence-electron chi connectivity index (χ3n) is 4.43. The summed E-state index contributed by atoms with van der Waals surface area (Å²) in [6, 6.07) is 6.73. The summed E-state index contributed by atoms with van der Waals surface area (Å²) in [6.45, 7) is 2.58. The highest BCUT2D eigenvalue weighted by atomic mass is 32.2. The van der Waals surface area contributed by atoms with Crippen molar-refractivity contribution in [2.75, 3.05) is 30.8 Å². The molecule has 1 aliphatic rings. The average Bonchev–Trinajstić information content (AvgIpc) is 2.63. The molecule has 0 saturated carbocycles. The Morgan fingerprint density at radius 3 is 2.66 bits per heavy atom. The number of likely N-dealkylation sites (N-methyl/N-ethyl adjacent to an activating group) is 1. The van der Waals surface area contributed by atoms with Crippen molar-refractivity contribution in [1.29, 1.82) is 0 Å². The Labute approximate surface area is 167 Å². The van der Waals surface area contributed by atoms with Gasteiger partial charge in [0.05, 0.1) is 17.1 Å². The molecule has 0 spiro atoms. The van der Waals surface area contributed by atoms with Gasteiger partial charge in [0.25, 0.3) is 5.91 Å². The molecule has 2 aromatic rings. The van der Waals surface area contributed by atoms with Crippen LogP contribution in [-0.2, 0) is 19.6 Å². The molecule has 2 N–H and O–H groups in total. The van der Waals surface area contributed by atoms with E-state index >= 15 is 0 Å². The van der Waals surface area contributed by atoms with Crippen molar-refractivity contribution in [3.63, 3.8) is 0 Å². The standard InChI is InChI=1S/C19H20FN3O5S/c1-11-6-13(20)4-5-14(11)21-18(24)9-23(3)29(26,27)17-8-16-15(7-12(17)2)22-19(25)10-28-16/h4-8H,9-10H2,1-3H3,(H,21,24)(H,22,25). The van der Waals surface area contributed by atoms with Crippen molar-refractivity contribution >= 4 is 33.2 Å². The van der Waals surface area contributed by atoms with Gasteiger partial charge in [-0.2, -0.15) is 4.31 Å². The lowest BCUT2D eigenvalue weighted by molar-refractivity contribution is -0.118. The first-order chi connectivity index (χ1) is 13.6. The summed E-state index contributed by atoms with van der Waals surface area (Å²) in [5.41, 5.74) is 1.71. The van der Waals surface area contributed by atoms with Crippen LogP contribution < -0.4 is 15.4 Å². The van der Waals surface area contributed by atoms with Gasteiger partial charge in [-0.1, -0.05) is 0 Å². The van der Waals surface area contributed by atoms with Crippen LogP contribution in [0.3, 0.4) is 0 Å². The number of amides is 2. The minimum Gasteiger partial charge on any atom is -0.482 e. The van der Waals surface area contributed by atoms with Crippen LogP contribution in [0.5, 0.6) is 5.75 Å². The van der Waals surface area contributed by atoms with E-state index in [2.05, 4.69) is 10.6 Å². The van der Waals surface area contributed by atoms with Crippen molar-refractivity contribution in [3.05, 3.63) is 47.3 Å². The molecule has 0 fully saturated rings. The number of aryl methyl sites for hydroxylation is 2. The number of sulfonamides is 1. The van der Waals surface area contributed by atoms with Gasteiger partial charge >= 0.3 is 0 Å². The molecular formula is C19H20FN3O5S. The Hall–Kier alpha value is -2.98. The van der Waals surface area contributed by atoms with Crippen molar-refractivity contribution in [2.45, 2.75) is 18.7 Å². The summed E-state index contributed by atoms with van der Waals surface area (Å²) in [6.07, 6.45) is 0. The van der Waals surface area contributed by atoms with Crippen LogP contribution in [0.4, 0.5) is 15.8 Å². The maximum Gasteiger partial charge on any atom is 0.262 e. The number of anilines is 2. The largest absolute Gasteiger partial charge is 0.482 e. The second-order valence-electron chi connectivity index (χ2n) is 6.72. The molecule has 0 atom stereocenters. The number of halogens is 1. The number of nitrogens with one attached hydrogen (secondary N) is 2. The number of nitrogens with zero attached hydrogens (tertiary/aromatic N) is 1. The number of ether oxygens (including phenoxy) is 1. The molecule has 0 unspecified atom stereocenters. The predicted molar refractivity (Wildman–Crippen MR) is 105 cm³/mol. The number of carbonyl (C=O) groups excluding carboxylic acids is 2. The minimum absolute atomic E-state index is 0.0272. The molecule has 8 nitrogen and oxygen atoms in total. The summed E-state index contributed by atoms with van der Waals surface area (Å²) < 4.78 is 45.3. The van der Waals surface area contributed by atoms with Crippen LogP contribution in [0, 0.1) is 19.7 Å². The van der Waals surface area contributed by atoms with Crippen molar-refractivity contribution < 1.29 is 27.1 Å². The van der Waals surface area contributed by atoms with Gasteiger partial charge in [0.2, 0.25) is 15.9 Å². The van der Waals surface area contributed by atoms with Crippen LogP contribution in [0.2, 0.25) is 0 Å². The quantitative estimate of drug-likeness (QED) is 0.769. The Balaban J connectivity index is 1.78. The fraction of sp³-hybridized carbons (Fsp3) is 0.263. The SMILES string of the molecule is Cc1cc(F)ccc1NC(=O)CN(C)S(=O)(=O)c1cc2c(cc1C)NC(=O)CO2. The van der Waals surface area contributed by atoms with Crippen LogP contribution in [0.15, 0.2) is 35.2 Å². The first kappa shape index (κ1) is 20.7. The summed E-state index contributed by atoms with van der Waals surface area (Å²) in [5, 5.41) is 5.19. The smallest absolute Gasteiger partial charge is 0.262 e. The molecular weight excluding hydrogens is 401 g/mol. The monoisotopic (exact) mass is 421 g/mol. The van der Waals surface area contributed by atoms with E-state index in [0.29, 0.717) is 22.5 Å². The number of fused-ring (bicyclic) bond motifs is 1. The maximum absolute atomic E-state index is 13.2. The molecule has 1 heterocycles. The third-order valence-corrected chi connectivity index (χ3v) is 6.37. The van der Waals surface area contributed by atoms with Gasteiger partial charge in [-0.3, -0.25) is 9.59 Å². The molecule has 154 valence electrons. The van der Waals surface area contributed by atoms with Crippen molar-refractivity contribution in [2.24, 2.45) is 0 Å². The molecule has 10 heteroatoms. The molecule has 1 aliphatic heterocycles. The van der Waals surface area contributed by atoms with Gasteiger partial charge in [0.15, 0.2) is 6.61 Å². The average molecular weight is 421 g/mol. The fourth-order valence-electron chi connectivity index (χ4n) is 2.91. The molecule has 3 rings (SSSR count). The fourth-order valence-corrected chi connectivity index (χ4v) is 4.25. The summed E-state index contributed by atoms with van der Waals surface area (Å²) in [5.74, 6) is -1.07. The molecule has 2 aromatic carbocycles. The zero-order valence-corrected chi connectivity index (χ0v) is 16.9. The lowest BCUT2D eigenvalue weighted by Crippen LogP contribution is -2.35. The van der Waals surface area contributed by atoms with E-state index in [-0.39, 0.29) is 23.2 Å². The highest BCUT2D eigenvalue weighted by molar-refractivity contribution is 7.89. The molecule has 0 bridgehead atoms. The molecule has 0 saturated heterocycles. The van der Waals surface area contributed by atoms with Crippen LogP contribution in [0.25, 0.3) is 0 Å². The first-order valence-electron chi connectivity index (χ1n) is 8.67. The van der Waals surface area contributed by atoms with Crippen LogP contribution >= 0.6 is 0 Å². The highest BCUT2D eigenvalue weighted by Crippen LogP contribution is 2.33.